The first kappa shape index (κ1) is 25.6. The summed E-state index contributed by atoms with van der Waals surface area (Å²) in [7, 11) is -4.19. The van der Waals surface area contributed by atoms with Gasteiger partial charge in [0.1, 0.15) is 5.75 Å². The summed E-state index contributed by atoms with van der Waals surface area (Å²) in [6.45, 7) is -0.319. The molecule has 10 nitrogen and oxygen atoms in total. The van der Waals surface area contributed by atoms with Crippen molar-refractivity contribution in [2.45, 2.75) is 23.8 Å². The van der Waals surface area contributed by atoms with Crippen LogP contribution in [0.5, 0.6) is 5.75 Å². The molecule has 1 atom stereocenters. The van der Waals surface area contributed by atoms with Gasteiger partial charge in [-0.2, -0.15) is 0 Å². The molecule has 0 aromatic heterocycles. The van der Waals surface area contributed by atoms with Crippen LogP contribution in [-0.2, 0) is 24.4 Å². The molecule has 0 saturated carbocycles. The van der Waals surface area contributed by atoms with Crippen LogP contribution in [0.25, 0.3) is 0 Å². The number of carbonyl (C=O) groups excluding carboxylic acids is 3. The fourth-order valence-corrected chi connectivity index (χ4v) is 4.10. The summed E-state index contributed by atoms with van der Waals surface area (Å²) in [5.41, 5.74) is 10.9. The molecule has 0 fully saturated rings. The largest absolute Gasteiger partial charge is 0.482 e. The second-order valence-electron chi connectivity index (χ2n) is 6.52. The molecule has 3 amide bonds. The summed E-state index contributed by atoms with van der Waals surface area (Å²) in [5, 5.41) is 2.88. The predicted octanol–water partition coefficient (Wildman–Crippen LogP) is 1.52. The van der Waals surface area contributed by atoms with Gasteiger partial charge >= 0.3 is 0 Å². The molecule has 0 spiro atoms. The molecular weight excluding hydrogens is 528 g/mol. The number of primary amides is 1. The maximum atomic E-state index is 12.3. The van der Waals surface area contributed by atoms with E-state index >= 15 is 0 Å². The molecule has 2 rings (SSSR count). The van der Waals surface area contributed by atoms with Crippen molar-refractivity contribution in [2.75, 3.05) is 11.9 Å². The minimum Gasteiger partial charge on any atom is -0.482 e. The second-order valence-corrected chi connectivity index (χ2v) is 9.52. The molecular formula is C19H20BrClN4O6S. The maximum Gasteiger partial charge on any atom is 0.264 e. The Morgan fingerprint density at radius 2 is 1.78 bits per heavy atom. The van der Waals surface area contributed by atoms with Crippen molar-refractivity contribution in [3.05, 3.63) is 52.0 Å². The zero-order valence-electron chi connectivity index (χ0n) is 16.5. The van der Waals surface area contributed by atoms with Crippen LogP contribution in [0.3, 0.4) is 0 Å². The molecule has 32 heavy (non-hydrogen) atoms. The third-order valence-electron chi connectivity index (χ3n) is 3.97. The van der Waals surface area contributed by atoms with Gasteiger partial charge in [-0.15, -0.1) is 0 Å². The number of carbonyl (C=O) groups is 3. The lowest BCUT2D eigenvalue weighted by molar-refractivity contribution is -0.121. The SMILES string of the molecule is NC(=O)CC[C@H](N)C(=O)NS(=O)(=O)c1ccc(NC(=O)COc2ccc(Br)cc2Cl)cc1. The number of halogens is 2. The first-order chi connectivity index (χ1) is 15.0. The van der Waals surface area contributed by atoms with Gasteiger partial charge in [0.25, 0.3) is 21.8 Å². The number of sulfonamides is 1. The third kappa shape index (κ3) is 7.79. The monoisotopic (exact) mass is 546 g/mol. The van der Waals surface area contributed by atoms with Crippen molar-refractivity contribution in [3.63, 3.8) is 0 Å². The Morgan fingerprint density at radius 3 is 2.38 bits per heavy atom. The lowest BCUT2D eigenvalue weighted by Gasteiger charge is -2.12. The molecule has 0 aliphatic carbocycles. The van der Waals surface area contributed by atoms with Crippen LogP contribution in [0, 0.1) is 0 Å². The van der Waals surface area contributed by atoms with Crippen LogP contribution < -0.4 is 26.2 Å². The van der Waals surface area contributed by atoms with E-state index in [0.717, 1.165) is 4.47 Å². The standard InChI is InChI=1S/C19H20BrClN4O6S/c20-11-1-7-16(14(21)9-11)31-10-18(27)24-12-2-4-13(5-3-12)32(29,30)25-19(28)15(22)6-8-17(23)26/h1-5,7,9,15H,6,8,10,22H2,(H2,23,26)(H,24,27)(H,25,28)/t15-/m0/s1. The van der Waals surface area contributed by atoms with Crippen LogP contribution in [0.15, 0.2) is 51.8 Å². The van der Waals surface area contributed by atoms with Crippen molar-refractivity contribution in [3.8, 4) is 5.75 Å². The molecule has 13 heteroatoms. The van der Waals surface area contributed by atoms with Crippen molar-refractivity contribution < 1.29 is 27.5 Å². The molecule has 6 N–H and O–H groups in total. The quantitative estimate of drug-likeness (QED) is 0.349. The third-order valence-corrected chi connectivity index (χ3v) is 6.13. The summed E-state index contributed by atoms with van der Waals surface area (Å²) in [6.07, 6.45) is -0.240. The van der Waals surface area contributed by atoms with Gasteiger partial charge in [0.2, 0.25) is 5.91 Å². The predicted molar refractivity (Wildman–Crippen MR) is 121 cm³/mol. The van der Waals surface area contributed by atoms with Crippen LogP contribution in [0.1, 0.15) is 12.8 Å². The number of hydrogen-bond acceptors (Lipinski definition) is 7. The highest BCUT2D eigenvalue weighted by molar-refractivity contribution is 9.10. The first-order valence-corrected chi connectivity index (χ1v) is 11.7. The summed E-state index contributed by atoms with van der Waals surface area (Å²) in [5.74, 6) is -1.78. The number of nitrogens with one attached hydrogen (secondary N) is 2. The lowest BCUT2D eigenvalue weighted by Crippen LogP contribution is -2.43. The smallest absolute Gasteiger partial charge is 0.264 e. The van der Waals surface area contributed by atoms with Crippen molar-refractivity contribution >= 4 is 61.0 Å². The van der Waals surface area contributed by atoms with Gasteiger partial charge in [0.05, 0.1) is 16.0 Å². The van der Waals surface area contributed by atoms with Gasteiger partial charge in [0.15, 0.2) is 6.61 Å². The van der Waals surface area contributed by atoms with Crippen molar-refractivity contribution in [2.24, 2.45) is 11.5 Å². The number of hydrogen-bond donors (Lipinski definition) is 4. The van der Waals surface area contributed by atoms with Crippen molar-refractivity contribution in [1.82, 2.24) is 4.72 Å². The van der Waals surface area contributed by atoms with Gasteiger partial charge in [-0.05, 0) is 48.9 Å². The van der Waals surface area contributed by atoms with E-state index in [2.05, 4.69) is 21.2 Å². The van der Waals surface area contributed by atoms with Gasteiger partial charge in [-0.1, -0.05) is 27.5 Å². The van der Waals surface area contributed by atoms with E-state index in [-0.39, 0.29) is 24.3 Å². The lowest BCUT2D eigenvalue weighted by atomic mass is 10.1. The minimum absolute atomic E-state index is 0.0881. The Balaban J connectivity index is 1.92. The average molecular weight is 548 g/mol. The fraction of sp³-hybridized carbons (Fsp3) is 0.211. The summed E-state index contributed by atoms with van der Waals surface area (Å²) >= 11 is 9.28. The zero-order chi connectivity index (χ0) is 23.9. The molecule has 172 valence electrons. The van der Waals surface area contributed by atoms with E-state index < -0.39 is 33.8 Å². The second kappa shape index (κ2) is 11.3. The van der Waals surface area contributed by atoms with E-state index in [4.69, 9.17) is 27.8 Å². The number of rotatable bonds is 10. The van der Waals surface area contributed by atoms with E-state index in [1.54, 1.807) is 18.2 Å². The summed E-state index contributed by atoms with van der Waals surface area (Å²) < 4.78 is 32.6. The minimum atomic E-state index is -4.19. The topological polar surface area (TPSA) is 171 Å². The molecule has 2 aromatic carbocycles. The van der Waals surface area contributed by atoms with E-state index in [0.29, 0.717) is 16.5 Å². The van der Waals surface area contributed by atoms with Crippen LogP contribution in [0.2, 0.25) is 5.02 Å². The Bertz CT molecular complexity index is 1110. The number of ether oxygens (including phenoxy) is 1. The fourth-order valence-electron chi connectivity index (χ4n) is 2.35. The van der Waals surface area contributed by atoms with E-state index in [1.807, 2.05) is 4.72 Å². The normalized spacial score (nSPS) is 12.0. The van der Waals surface area contributed by atoms with Gasteiger partial charge < -0.3 is 21.5 Å². The highest BCUT2D eigenvalue weighted by Gasteiger charge is 2.22. The molecule has 0 unspecified atom stereocenters. The Kier molecular flexibility index (Phi) is 9.01. The van der Waals surface area contributed by atoms with Gasteiger partial charge in [0, 0.05) is 16.6 Å². The number of amides is 3. The van der Waals surface area contributed by atoms with Crippen LogP contribution in [0.4, 0.5) is 5.69 Å². The number of benzene rings is 2. The van der Waals surface area contributed by atoms with Crippen molar-refractivity contribution in [1.29, 1.82) is 0 Å². The maximum absolute atomic E-state index is 12.3. The molecule has 0 aliphatic rings. The first-order valence-electron chi connectivity index (χ1n) is 9.06. The summed E-state index contributed by atoms with van der Waals surface area (Å²) in [4.78, 5) is 34.5. The van der Waals surface area contributed by atoms with Gasteiger partial charge in [-0.25, -0.2) is 13.1 Å². The van der Waals surface area contributed by atoms with Crippen LogP contribution >= 0.6 is 27.5 Å². The van der Waals surface area contributed by atoms with E-state index in [1.165, 1.54) is 24.3 Å². The number of nitrogens with two attached hydrogens (primary N) is 2. The number of anilines is 1. The Hall–Kier alpha value is -2.67. The highest BCUT2D eigenvalue weighted by atomic mass is 79.9. The average Bonchev–Trinajstić information content (AvgIpc) is 2.71. The Labute approximate surface area is 197 Å². The van der Waals surface area contributed by atoms with Gasteiger partial charge in [-0.3, -0.25) is 14.4 Å². The highest BCUT2D eigenvalue weighted by Crippen LogP contribution is 2.27. The van der Waals surface area contributed by atoms with E-state index in [9.17, 15) is 22.8 Å². The Morgan fingerprint density at radius 1 is 1.12 bits per heavy atom. The van der Waals surface area contributed by atoms with Crippen LogP contribution in [-0.4, -0.2) is 38.8 Å². The molecule has 0 heterocycles. The zero-order valence-corrected chi connectivity index (χ0v) is 19.7. The summed E-state index contributed by atoms with van der Waals surface area (Å²) in [6, 6.07) is 8.81. The molecule has 2 aromatic rings. The molecule has 0 saturated heterocycles. The molecule has 0 aliphatic heterocycles. The molecule has 0 bridgehead atoms. The molecule has 0 radical (unpaired) electrons.